The zero-order valence-corrected chi connectivity index (χ0v) is 10.9. The molecule has 0 aromatic heterocycles. The fourth-order valence-electron chi connectivity index (χ4n) is 2.00. The molecule has 1 heterocycles. The van der Waals surface area contributed by atoms with Gasteiger partial charge in [0.2, 0.25) is 0 Å². The molecule has 2 rings (SSSR count). The Morgan fingerprint density at radius 2 is 2.38 bits per heavy atom. The smallest absolute Gasteiger partial charge is 0.123 e. The summed E-state index contributed by atoms with van der Waals surface area (Å²) in [6.07, 6.45) is 0. The van der Waals surface area contributed by atoms with Gasteiger partial charge in [0.05, 0.1) is 0 Å². The number of nitrogens with zero attached hydrogens (tertiary/aromatic N) is 1. The van der Waals surface area contributed by atoms with Crippen LogP contribution in [0.3, 0.4) is 0 Å². The van der Waals surface area contributed by atoms with Gasteiger partial charge in [-0.2, -0.15) is 0 Å². The van der Waals surface area contributed by atoms with Gasteiger partial charge in [-0.05, 0) is 30.7 Å². The maximum Gasteiger partial charge on any atom is 0.123 e. The fraction of sp³-hybridized carbons (Fsp3) is 0.500. The van der Waals surface area contributed by atoms with E-state index in [1.54, 1.807) is 12.1 Å². The third kappa shape index (κ3) is 2.81. The van der Waals surface area contributed by atoms with Crippen molar-refractivity contribution in [1.82, 2.24) is 10.2 Å². The highest BCUT2D eigenvalue weighted by Gasteiger charge is 2.18. The molecule has 0 aliphatic carbocycles. The highest BCUT2D eigenvalue weighted by molar-refractivity contribution is 9.10. The molecule has 2 nitrogen and oxygen atoms in total. The van der Waals surface area contributed by atoms with E-state index in [0.29, 0.717) is 6.04 Å². The summed E-state index contributed by atoms with van der Waals surface area (Å²) >= 11 is 3.47. The molecule has 1 aliphatic heterocycles. The first-order valence-corrected chi connectivity index (χ1v) is 6.35. The minimum atomic E-state index is -0.166. The Kier molecular flexibility index (Phi) is 3.95. The second-order valence-electron chi connectivity index (χ2n) is 4.26. The second kappa shape index (κ2) is 5.25. The first-order chi connectivity index (χ1) is 7.66. The molecule has 1 aliphatic rings. The molecule has 0 spiro atoms. The van der Waals surface area contributed by atoms with E-state index in [1.165, 1.54) is 6.07 Å². The Labute approximate surface area is 104 Å². The average molecular weight is 287 g/mol. The van der Waals surface area contributed by atoms with E-state index in [0.717, 1.165) is 36.2 Å². The maximum atomic E-state index is 13.1. The fourth-order valence-corrected chi connectivity index (χ4v) is 2.37. The number of nitrogens with one attached hydrogen (secondary N) is 1. The standard InChI is InChI=1S/C12H16BrFN2/c1-9-7-15-4-5-16(9)8-10-6-11(14)2-3-12(10)13/h2-3,6,9,15H,4-5,7-8H2,1H3/t9-/m1/s1. The molecule has 0 radical (unpaired) electrons. The summed E-state index contributed by atoms with van der Waals surface area (Å²) < 4.78 is 14.1. The van der Waals surface area contributed by atoms with Crippen LogP contribution < -0.4 is 5.32 Å². The van der Waals surface area contributed by atoms with Crippen molar-refractivity contribution in [3.05, 3.63) is 34.1 Å². The summed E-state index contributed by atoms with van der Waals surface area (Å²) in [5.74, 6) is -0.166. The molecular weight excluding hydrogens is 271 g/mol. The van der Waals surface area contributed by atoms with Crippen molar-refractivity contribution in [3.8, 4) is 0 Å². The van der Waals surface area contributed by atoms with Gasteiger partial charge in [0.25, 0.3) is 0 Å². The van der Waals surface area contributed by atoms with Gasteiger partial charge in [-0.15, -0.1) is 0 Å². The molecule has 4 heteroatoms. The summed E-state index contributed by atoms with van der Waals surface area (Å²) in [4.78, 5) is 2.37. The molecular formula is C12H16BrFN2. The van der Waals surface area contributed by atoms with Crippen LogP contribution >= 0.6 is 15.9 Å². The number of hydrogen-bond donors (Lipinski definition) is 1. The first-order valence-electron chi connectivity index (χ1n) is 5.55. The molecule has 1 saturated heterocycles. The summed E-state index contributed by atoms with van der Waals surface area (Å²) in [6.45, 7) is 6.04. The van der Waals surface area contributed by atoms with Gasteiger partial charge in [-0.25, -0.2) is 4.39 Å². The predicted molar refractivity (Wildman–Crippen MR) is 66.8 cm³/mol. The molecule has 1 aromatic carbocycles. The van der Waals surface area contributed by atoms with Crippen LogP contribution in [0.2, 0.25) is 0 Å². The van der Waals surface area contributed by atoms with Gasteiger partial charge >= 0.3 is 0 Å². The van der Waals surface area contributed by atoms with Crippen molar-refractivity contribution >= 4 is 15.9 Å². The van der Waals surface area contributed by atoms with E-state index in [1.807, 2.05) is 0 Å². The van der Waals surface area contributed by atoms with Gasteiger partial charge in [-0.1, -0.05) is 15.9 Å². The van der Waals surface area contributed by atoms with Crippen LogP contribution in [0.1, 0.15) is 12.5 Å². The third-order valence-electron chi connectivity index (χ3n) is 3.02. The van der Waals surface area contributed by atoms with E-state index in [2.05, 4.69) is 33.1 Å². The summed E-state index contributed by atoms with van der Waals surface area (Å²) in [5, 5.41) is 3.35. The van der Waals surface area contributed by atoms with Gasteiger partial charge < -0.3 is 5.32 Å². The second-order valence-corrected chi connectivity index (χ2v) is 5.11. The molecule has 0 amide bonds. The summed E-state index contributed by atoms with van der Waals surface area (Å²) in [5.41, 5.74) is 1.02. The molecule has 1 aromatic rings. The van der Waals surface area contributed by atoms with Gasteiger partial charge in [0.1, 0.15) is 5.82 Å². The Morgan fingerprint density at radius 1 is 1.56 bits per heavy atom. The molecule has 88 valence electrons. The van der Waals surface area contributed by atoms with Crippen LogP contribution in [0.4, 0.5) is 4.39 Å². The molecule has 1 N–H and O–H groups in total. The Hall–Kier alpha value is -0.450. The van der Waals surface area contributed by atoms with Crippen molar-refractivity contribution in [1.29, 1.82) is 0 Å². The minimum absolute atomic E-state index is 0.166. The zero-order chi connectivity index (χ0) is 11.5. The van der Waals surface area contributed by atoms with E-state index >= 15 is 0 Å². The topological polar surface area (TPSA) is 15.3 Å². The van der Waals surface area contributed by atoms with Crippen molar-refractivity contribution in [2.24, 2.45) is 0 Å². The highest BCUT2D eigenvalue weighted by Crippen LogP contribution is 2.20. The lowest BCUT2D eigenvalue weighted by Gasteiger charge is -2.34. The van der Waals surface area contributed by atoms with Crippen LogP contribution in [0.15, 0.2) is 22.7 Å². The van der Waals surface area contributed by atoms with Crippen molar-refractivity contribution < 1.29 is 4.39 Å². The van der Waals surface area contributed by atoms with Crippen molar-refractivity contribution in [2.75, 3.05) is 19.6 Å². The lowest BCUT2D eigenvalue weighted by Crippen LogP contribution is -2.49. The van der Waals surface area contributed by atoms with Crippen LogP contribution in [-0.2, 0) is 6.54 Å². The maximum absolute atomic E-state index is 13.1. The predicted octanol–water partition coefficient (Wildman–Crippen LogP) is 2.38. The molecule has 1 atom stereocenters. The number of benzene rings is 1. The normalized spacial score (nSPS) is 22.3. The Balaban J connectivity index is 2.10. The summed E-state index contributed by atoms with van der Waals surface area (Å²) in [6, 6.07) is 5.37. The number of halogens is 2. The van der Waals surface area contributed by atoms with Crippen LogP contribution in [0.5, 0.6) is 0 Å². The van der Waals surface area contributed by atoms with Crippen LogP contribution in [0.25, 0.3) is 0 Å². The zero-order valence-electron chi connectivity index (χ0n) is 9.34. The quantitative estimate of drug-likeness (QED) is 0.898. The first kappa shape index (κ1) is 12.0. The lowest BCUT2D eigenvalue weighted by atomic mass is 10.1. The monoisotopic (exact) mass is 286 g/mol. The molecule has 0 bridgehead atoms. The molecule has 16 heavy (non-hydrogen) atoms. The van der Waals surface area contributed by atoms with E-state index < -0.39 is 0 Å². The number of rotatable bonds is 2. The minimum Gasteiger partial charge on any atom is -0.314 e. The molecule has 1 fully saturated rings. The summed E-state index contributed by atoms with van der Waals surface area (Å²) in [7, 11) is 0. The number of hydrogen-bond acceptors (Lipinski definition) is 2. The van der Waals surface area contributed by atoms with Crippen molar-refractivity contribution in [2.45, 2.75) is 19.5 Å². The van der Waals surface area contributed by atoms with Crippen molar-refractivity contribution in [3.63, 3.8) is 0 Å². The molecule has 0 saturated carbocycles. The van der Waals surface area contributed by atoms with Crippen LogP contribution in [-0.4, -0.2) is 30.6 Å². The van der Waals surface area contributed by atoms with E-state index in [9.17, 15) is 4.39 Å². The third-order valence-corrected chi connectivity index (χ3v) is 3.79. The largest absolute Gasteiger partial charge is 0.314 e. The SMILES string of the molecule is C[C@@H]1CNCCN1Cc1cc(F)ccc1Br. The molecule has 0 unspecified atom stereocenters. The van der Waals surface area contributed by atoms with Gasteiger partial charge in [-0.3, -0.25) is 4.90 Å². The van der Waals surface area contributed by atoms with E-state index in [-0.39, 0.29) is 5.82 Å². The number of piperazine rings is 1. The average Bonchev–Trinajstić information content (AvgIpc) is 2.27. The lowest BCUT2D eigenvalue weighted by molar-refractivity contribution is 0.165. The highest BCUT2D eigenvalue weighted by atomic mass is 79.9. The van der Waals surface area contributed by atoms with Gasteiger partial charge in [0, 0.05) is 36.7 Å². The van der Waals surface area contributed by atoms with Gasteiger partial charge in [0.15, 0.2) is 0 Å². The Bertz CT molecular complexity index is 370. The van der Waals surface area contributed by atoms with Crippen LogP contribution in [0, 0.1) is 5.82 Å². The van der Waals surface area contributed by atoms with E-state index in [4.69, 9.17) is 0 Å². The Morgan fingerprint density at radius 3 is 3.12 bits per heavy atom.